The van der Waals surface area contributed by atoms with Crippen molar-refractivity contribution in [1.29, 1.82) is 0 Å². The normalized spacial score (nSPS) is 10.1. The molecular weight excluding hydrogens is 330 g/mol. The van der Waals surface area contributed by atoms with Crippen molar-refractivity contribution < 1.29 is 19.5 Å². The SMILES string of the molecule is CCCn1cc(Br)cc1C(=O)NCC(=O)NCC(=O)O. The number of halogens is 1. The third kappa shape index (κ3) is 5.04. The van der Waals surface area contributed by atoms with E-state index in [4.69, 9.17) is 5.11 Å². The molecule has 0 aliphatic carbocycles. The summed E-state index contributed by atoms with van der Waals surface area (Å²) in [5.74, 6) is -2.06. The number of nitrogens with zero attached hydrogens (tertiary/aromatic N) is 1. The van der Waals surface area contributed by atoms with Crippen LogP contribution in [0.25, 0.3) is 0 Å². The van der Waals surface area contributed by atoms with Crippen LogP contribution in [0.4, 0.5) is 0 Å². The van der Waals surface area contributed by atoms with E-state index in [2.05, 4.69) is 26.6 Å². The quantitative estimate of drug-likeness (QED) is 0.673. The number of carboxylic acids is 1. The molecule has 0 radical (unpaired) electrons. The molecular formula is C12H16BrN3O4. The zero-order chi connectivity index (χ0) is 15.1. The topological polar surface area (TPSA) is 100 Å². The van der Waals surface area contributed by atoms with Crippen LogP contribution in [0.5, 0.6) is 0 Å². The van der Waals surface area contributed by atoms with Crippen LogP contribution in [0.3, 0.4) is 0 Å². The van der Waals surface area contributed by atoms with Crippen LogP contribution < -0.4 is 10.6 Å². The summed E-state index contributed by atoms with van der Waals surface area (Å²) in [5, 5.41) is 13.0. The van der Waals surface area contributed by atoms with Gasteiger partial charge < -0.3 is 20.3 Å². The van der Waals surface area contributed by atoms with Gasteiger partial charge in [-0.2, -0.15) is 0 Å². The molecule has 3 N–H and O–H groups in total. The van der Waals surface area contributed by atoms with Gasteiger partial charge in [0, 0.05) is 17.2 Å². The lowest BCUT2D eigenvalue weighted by Crippen LogP contribution is -2.39. The molecule has 2 amide bonds. The second-order valence-corrected chi connectivity index (χ2v) is 5.01. The number of nitrogens with one attached hydrogen (secondary N) is 2. The van der Waals surface area contributed by atoms with Gasteiger partial charge in [-0.15, -0.1) is 0 Å². The number of carboxylic acid groups (broad SMARTS) is 1. The van der Waals surface area contributed by atoms with Crippen molar-refractivity contribution in [3.05, 3.63) is 22.4 Å². The minimum absolute atomic E-state index is 0.263. The van der Waals surface area contributed by atoms with E-state index in [0.717, 1.165) is 10.9 Å². The van der Waals surface area contributed by atoms with E-state index < -0.39 is 18.4 Å². The van der Waals surface area contributed by atoms with Crippen molar-refractivity contribution in [1.82, 2.24) is 15.2 Å². The molecule has 110 valence electrons. The maximum absolute atomic E-state index is 11.9. The van der Waals surface area contributed by atoms with Crippen LogP contribution in [-0.2, 0) is 16.1 Å². The van der Waals surface area contributed by atoms with Crippen molar-refractivity contribution in [3.8, 4) is 0 Å². The average molecular weight is 346 g/mol. The third-order valence-electron chi connectivity index (χ3n) is 2.41. The molecule has 1 rings (SSSR count). The lowest BCUT2D eigenvalue weighted by Gasteiger charge is -2.08. The molecule has 0 spiro atoms. The van der Waals surface area contributed by atoms with Crippen molar-refractivity contribution in [3.63, 3.8) is 0 Å². The summed E-state index contributed by atoms with van der Waals surface area (Å²) >= 11 is 3.30. The maximum Gasteiger partial charge on any atom is 0.322 e. The predicted molar refractivity (Wildman–Crippen MR) is 75.4 cm³/mol. The summed E-state index contributed by atoms with van der Waals surface area (Å²) in [6, 6.07) is 1.67. The van der Waals surface area contributed by atoms with Crippen LogP contribution in [0, 0.1) is 0 Å². The van der Waals surface area contributed by atoms with E-state index in [0.29, 0.717) is 12.2 Å². The highest BCUT2D eigenvalue weighted by Crippen LogP contribution is 2.15. The number of carbonyl (C=O) groups is 3. The van der Waals surface area contributed by atoms with Gasteiger partial charge in [0.15, 0.2) is 0 Å². The van der Waals surface area contributed by atoms with E-state index in [1.165, 1.54) is 0 Å². The number of aryl methyl sites for hydroxylation is 1. The fraction of sp³-hybridized carbons (Fsp3) is 0.417. The van der Waals surface area contributed by atoms with Crippen LogP contribution in [-0.4, -0.2) is 40.5 Å². The Balaban J connectivity index is 2.54. The van der Waals surface area contributed by atoms with Gasteiger partial charge in [0.25, 0.3) is 5.91 Å². The molecule has 0 atom stereocenters. The van der Waals surface area contributed by atoms with Crippen molar-refractivity contribution in [2.45, 2.75) is 19.9 Å². The fourth-order valence-corrected chi connectivity index (χ4v) is 2.04. The first-order valence-electron chi connectivity index (χ1n) is 6.06. The molecule has 0 bridgehead atoms. The molecule has 1 aromatic rings. The first-order valence-corrected chi connectivity index (χ1v) is 6.85. The van der Waals surface area contributed by atoms with Gasteiger partial charge in [-0.05, 0) is 28.4 Å². The highest BCUT2D eigenvalue weighted by molar-refractivity contribution is 9.10. The van der Waals surface area contributed by atoms with E-state index in [9.17, 15) is 14.4 Å². The zero-order valence-electron chi connectivity index (χ0n) is 11.0. The minimum atomic E-state index is -1.13. The summed E-state index contributed by atoms with van der Waals surface area (Å²) in [6.45, 7) is 1.96. The summed E-state index contributed by atoms with van der Waals surface area (Å²) in [6.07, 6.45) is 2.67. The number of aromatic nitrogens is 1. The number of hydrogen-bond donors (Lipinski definition) is 3. The van der Waals surface area contributed by atoms with Gasteiger partial charge in [-0.3, -0.25) is 14.4 Å². The molecule has 0 fully saturated rings. The lowest BCUT2D eigenvalue weighted by molar-refractivity contribution is -0.137. The number of carbonyl (C=O) groups excluding carboxylic acids is 2. The summed E-state index contributed by atoms with van der Waals surface area (Å²) in [4.78, 5) is 33.5. The van der Waals surface area contributed by atoms with Crippen molar-refractivity contribution in [2.24, 2.45) is 0 Å². The smallest absolute Gasteiger partial charge is 0.322 e. The van der Waals surface area contributed by atoms with Gasteiger partial charge in [-0.1, -0.05) is 6.92 Å². The fourth-order valence-electron chi connectivity index (χ4n) is 1.58. The molecule has 1 heterocycles. The van der Waals surface area contributed by atoms with E-state index in [-0.39, 0.29) is 12.5 Å². The Labute approximate surface area is 124 Å². The van der Waals surface area contributed by atoms with Crippen LogP contribution >= 0.6 is 15.9 Å². The Kier molecular flexibility index (Phi) is 6.23. The first kappa shape index (κ1) is 16.2. The summed E-state index contributed by atoms with van der Waals surface area (Å²) in [5.41, 5.74) is 0.449. The predicted octanol–water partition coefficient (Wildman–Crippen LogP) is 0.591. The van der Waals surface area contributed by atoms with Crippen molar-refractivity contribution in [2.75, 3.05) is 13.1 Å². The van der Waals surface area contributed by atoms with Crippen LogP contribution in [0.2, 0.25) is 0 Å². The Morgan fingerprint density at radius 3 is 2.60 bits per heavy atom. The standard InChI is InChI=1S/C12H16BrN3O4/c1-2-3-16-7-8(13)4-9(16)12(20)15-5-10(17)14-6-11(18)19/h4,7H,2-3,5-6H2,1H3,(H,14,17)(H,15,20)(H,18,19). The van der Waals surface area contributed by atoms with Gasteiger partial charge >= 0.3 is 5.97 Å². The summed E-state index contributed by atoms with van der Waals surface area (Å²) < 4.78 is 2.57. The Morgan fingerprint density at radius 2 is 2.00 bits per heavy atom. The highest BCUT2D eigenvalue weighted by Gasteiger charge is 2.13. The Hall–Kier alpha value is -1.83. The third-order valence-corrected chi connectivity index (χ3v) is 2.84. The number of aliphatic carboxylic acids is 1. The minimum Gasteiger partial charge on any atom is -0.480 e. The number of amides is 2. The second-order valence-electron chi connectivity index (χ2n) is 4.09. The number of hydrogen-bond acceptors (Lipinski definition) is 3. The van der Waals surface area contributed by atoms with Gasteiger partial charge in [0.05, 0.1) is 6.54 Å². The van der Waals surface area contributed by atoms with Crippen molar-refractivity contribution >= 4 is 33.7 Å². The van der Waals surface area contributed by atoms with Gasteiger partial charge in [-0.25, -0.2) is 0 Å². The Bertz CT molecular complexity index is 513. The van der Waals surface area contributed by atoms with E-state index in [1.807, 2.05) is 6.92 Å². The van der Waals surface area contributed by atoms with Gasteiger partial charge in [0.1, 0.15) is 12.2 Å². The highest BCUT2D eigenvalue weighted by atomic mass is 79.9. The molecule has 0 aliphatic heterocycles. The van der Waals surface area contributed by atoms with Crippen LogP contribution in [0.15, 0.2) is 16.7 Å². The Morgan fingerprint density at radius 1 is 1.30 bits per heavy atom. The summed E-state index contributed by atoms with van der Waals surface area (Å²) in [7, 11) is 0. The molecule has 0 saturated heterocycles. The molecule has 0 aliphatic rings. The lowest BCUT2D eigenvalue weighted by atomic mass is 10.3. The molecule has 0 unspecified atom stereocenters. The largest absolute Gasteiger partial charge is 0.480 e. The van der Waals surface area contributed by atoms with E-state index >= 15 is 0 Å². The maximum atomic E-state index is 11.9. The number of rotatable bonds is 7. The molecule has 0 saturated carbocycles. The molecule has 0 aromatic carbocycles. The monoisotopic (exact) mass is 345 g/mol. The molecule has 1 aromatic heterocycles. The molecule has 7 nitrogen and oxygen atoms in total. The van der Waals surface area contributed by atoms with Gasteiger partial charge in [0.2, 0.25) is 5.91 Å². The molecule has 20 heavy (non-hydrogen) atoms. The van der Waals surface area contributed by atoms with Crippen LogP contribution in [0.1, 0.15) is 23.8 Å². The second kappa shape index (κ2) is 7.68. The average Bonchev–Trinajstić information content (AvgIpc) is 2.75. The molecule has 8 heteroatoms. The first-order chi connectivity index (χ1) is 9.43. The van der Waals surface area contributed by atoms with E-state index in [1.54, 1.807) is 16.8 Å². The zero-order valence-corrected chi connectivity index (χ0v) is 12.6.